The van der Waals surface area contributed by atoms with Crippen molar-refractivity contribution in [2.75, 3.05) is 0 Å². The molecule has 6 rings (SSSR count). The summed E-state index contributed by atoms with van der Waals surface area (Å²) in [4.78, 5) is 0. The Morgan fingerprint density at radius 2 is 1.45 bits per heavy atom. The van der Waals surface area contributed by atoms with E-state index < -0.39 is 0 Å². The van der Waals surface area contributed by atoms with Gasteiger partial charge in [-0.1, -0.05) is 73.3 Å². The Balaban J connectivity index is 1.64. The molecule has 138 valence electrons. The lowest BCUT2D eigenvalue weighted by molar-refractivity contribution is 1.24. The number of hydrogen-bond acceptors (Lipinski definition) is 0. The summed E-state index contributed by atoms with van der Waals surface area (Å²) in [6, 6.07) is 22.8. The molecule has 0 saturated carbocycles. The molecule has 0 heterocycles. The van der Waals surface area contributed by atoms with Gasteiger partial charge in [0, 0.05) is 0 Å². The van der Waals surface area contributed by atoms with E-state index in [-0.39, 0.29) is 0 Å². The van der Waals surface area contributed by atoms with Gasteiger partial charge in [0.05, 0.1) is 0 Å². The van der Waals surface area contributed by atoms with Gasteiger partial charge in [-0.2, -0.15) is 0 Å². The lowest BCUT2D eigenvalue weighted by Gasteiger charge is -2.09. The largest absolute Gasteiger partial charge is 0.0990 e. The van der Waals surface area contributed by atoms with Crippen molar-refractivity contribution in [3.8, 4) is 22.3 Å². The van der Waals surface area contributed by atoms with Gasteiger partial charge < -0.3 is 0 Å². The molecule has 0 aromatic heterocycles. The van der Waals surface area contributed by atoms with Gasteiger partial charge in [0.15, 0.2) is 0 Å². The molecule has 0 bridgehead atoms. The van der Waals surface area contributed by atoms with Crippen LogP contribution in [0.5, 0.6) is 0 Å². The molecular weight excluding hydrogens is 348 g/mol. The van der Waals surface area contributed by atoms with Crippen molar-refractivity contribution < 1.29 is 0 Å². The summed E-state index contributed by atoms with van der Waals surface area (Å²) < 4.78 is 0. The molecule has 0 heteroatoms. The van der Waals surface area contributed by atoms with E-state index in [0.717, 1.165) is 12.8 Å². The summed E-state index contributed by atoms with van der Waals surface area (Å²) in [5.41, 5.74) is 11.5. The normalized spacial score (nSPS) is 14.7. The zero-order valence-corrected chi connectivity index (χ0v) is 16.6. The molecule has 0 aliphatic heterocycles. The zero-order chi connectivity index (χ0) is 19.5. The molecule has 2 aliphatic carbocycles. The van der Waals surface area contributed by atoms with Crippen LogP contribution in [0.4, 0.5) is 0 Å². The molecular formula is C29H22. The first-order chi connectivity index (χ1) is 14.3. The van der Waals surface area contributed by atoms with Crippen LogP contribution in [0.1, 0.15) is 29.2 Å². The molecule has 0 saturated heterocycles. The van der Waals surface area contributed by atoms with Gasteiger partial charge >= 0.3 is 0 Å². The monoisotopic (exact) mass is 370 g/mol. The molecule has 0 fully saturated rings. The Kier molecular flexibility index (Phi) is 3.46. The molecule has 0 unspecified atom stereocenters. The molecule has 4 aromatic rings. The predicted molar refractivity (Wildman–Crippen MR) is 124 cm³/mol. The maximum Gasteiger partial charge on any atom is -0.00130 e. The quantitative estimate of drug-likeness (QED) is 0.346. The Morgan fingerprint density at radius 3 is 2.21 bits per heavy atom. The van der Waals surface area contributed by atoms with Crippen LogP contribution in [0.25, 0.3) is 45.2 Å². The molecule has 4 aromatic carbocycles. The zero-order valence-electron chi connectivity index (χ0n) is 16.6. The molecule has 0 radical (unpaired) electrons. The highest BCUT2D eigenvalue weighted by Gasteiger charge is 2.26. The number of benzene rings is 4. The summed E-state index contributed by atoms with van der Waals surface area (Å²) in [7, 11) is 0. The van der Waals surface area contributed by atoms with Crippen LogP contribution < -0.4 is 10.4 Å². The van der Waals surface area contributed by atoms with Crippen molar-refractivity contribution in [3.05, 3.63) is 106 Å². The standard InChI is InChI=1S/C29H22/c1-3-7-24-18(4-2)10-12-20-14-22-17-27-23(16-26(22)28(20)24)15-21-13-11-19-8-5-6-9-25(19)29(21)27/h3-13,16-17H,1,14-15H2,2H3/b18-4-,24-7+. The van der Waals surface area contributed by atoms with Crippen LogP contribution in [0.15, 0.2) is 73.3 Å². The van der Waals surface area contributed by atoms with Crippen molar-refractivity contribution in [2.45, 2.75) is 19.8 Å². The van der Waals surface area contributed by atoms with Gasteiger partial charge in [-0.15, -0.1) is 0 Å². The number of rotatable bonds is 1. The van der Waals surface area contributed by atoms with E-state index in [1.807, 2.05) is 6.08 Å². The fourth-order valence-corrected chi connectivity index (χ4v) is 5.34. The van der Waals surface area contributed by atoms with E-state index in [0.29, 0.717) is 0 Å². The average Bonchev–Trinajstić information content (AvgIpc) is 3.30. The minimum absolute atomic E-state index is 1.01. The minimum Gasteiger partial charge on any atom is -0.0990 e. The Hall–Kier alpha value is -3.38. The fraction of sp³-hybridized carbons (Fsp3) is 0.103. The Bertz CT molecular complexity index is 1460. The van der Waals surface area contributed by atoms with Crippen LogP contribution in [-0.2, 0) is 12.8 Å². The lowest BCUT2D eigenvalue weighted by Crippen LogP contribution is -2.26. The van der Waals surface area contributed by atoms with Gasteiger partial charge in [-0.05, 0) is 97.6 Å². The van der Waals surface area contributed by atoms with Crippen molar-refractivity contribution in [1.82, 2.24) is 0 Å². The van der Waals surface area contributed by atoms with E-state index >= 15 is 0 Å². The molecule has 0 N–H and O–H groups in total. The van der Waals surface area contributed by atoms with Gasteiger partial charge in [-0.3, -0.25) is 0 Å². The fourth-order valence-electron chi connectivity index (χ4n) is 5.34. The van der Waals surface area contributed by atoms with E-state index in [2.05, 4.69) is 86.3 Å². The summed E-state index contributed by atoms with van der Waals surface area (Å²) >= 11 is 0. The van der Waals surface area contributed by atoms with E-state index in [9.17, 15) is 0 Å². The van der Waals surface area contributed by atoms with E-state index in [4.69, 9.17) is 0 Å². The van der Waals surface area contributed by atoms with E-state index in [1.54, 1.807) is 0 Å². The highest BCUT2D eigenvalue weighted by Crippen LogP contribution is 2.46. The summed E-state index contributed by atoms with van der Waals surface area (Å²) in [5.74, 6) is 0. The maximum absolute atomic E-state index is 3.96. The number of allylic oxidation sites excluding steroid dienone is 1. The van der Waals surface area contributed by atoms with Gasteiger partial charge in [-0.25, -0.2) is 0 Å². The molecule has 2 aliphatic rings. The Labute approximate surface area is 171 Å². The van der Waals surface area contributed by atoms with Gasteiger partial charge in [0.1, 0.15) is 0 Å². The van der Waals surface area contributed by atoms with Crippen molar-refractivity contribution in [2.24, 2.45) is 0 Å². The first-order valence-corrected chi connectivity index (χ1v) is 10.4. The Morgan fingerprint density at radius 1 is 0.759 bits per heavy atom. The second-order valence-electron chi connectivity index (χ2n) is 8.13. The van der Waals surface area contributed by atoms with Crippen LogP contribution in [-0.4, -0.2) is 0 Å². The highest BCUT2D eigenvalue weighted by atomic mass is 14.3. The SMILES string of the molecule is C=C/C=c1/c2c(cc/c1=C/C)Cc1cc3c(cc1-2)Cc1ccc2ccccc2c1-3. The van der Waals surface area contributed by atoms with Crippen molar-refractivity contribution in [3.63, 3.8) is 0 Å². The maximum atomic E-state index is 3.96. The first kappa shape index (κ1) is 16.6. The van der Waals surface area contributed by atoms with Gasteiger partial charge in [0.25, 0.3) is 0 Å². The van der Waals surface area contributed by atoms with Crippen LogP contribution in [0.2, 0.25) is 0 Å². The minimum atomic E-state index is 1.01. The molecule has 0 nitrogen and oxygen atoms in total. The predicted octanol–water partition coefficient (Wildman–Crippen LogP) is 5.75. The number of hydrogen-bond donors (Lipinski definition) is 0. The van der Waals surface area contributed by atoms with Crippen molar-refractivity contribution >= 4 is 22.9 Å². The number of fused-ring (bicyclic) bond motifs is 8. The third-order valence-electron chi connectivity index (χ3n) is 6.61. The molecule has 0 amide bonds. The molecule has 29 heavy (non-hydrogen) atoms. The van der Waals surface area contributed by atoms with Crippen LogP contribution >= 0.6 is 0 Å². The second-order valence-corrected chi connectivity index (χ2v) is 8.13. The topological polar surface area (TPSA) is 0 Å². The van der Waals surface area contributed by atoms with Crippen molar-refractivity contribution in [1.29, 1.82) is 0 Å². The third-order valence-corrected chi connectivity index (χ3v) is 6.61. The summed E-state index contributed by atoms with van der Waals surface area (Å²) in [6.45, 7) is 6.07. The third kappa shape index (κ3) is 2.26. The van der Waals surface area contributed by atoms with Crippen LogP contribution in [0, 0.1) is 0 Å². The highest BCUT2D eigenvalue weighted by molar-refractivity contribution is 6.02. The lowest BCUT2D eigenvalue weighted by atomic mass is 9.94. The van der Waals surface area contributed by atoms with Crippen LogP contribution in [0.3, 0.4) is 0 Å². The first-order valence-electron chi connectivity index (χ1n) is 10.4. The molecule has 0 atom stereocenters. The second kappa shape index (κ2) is 6.06. The average molecular weight is 370 g/mol. The van der Waals surface area contributed by atoms with E-state index in [1.165, 1.54) is 65.7 Å². The summed E-state index contributed by atoms with van der Waals surface area (Å²) in [5, 5.41) is 5.29. The van der Waals surface area contributed by atoms with Gasteiger partial charge in [0.2, 0.25) is 0 Å². The smallest absolute Gasteiger partial charge is 0.00130 e. The molecule has 0 spiro atoms. The summed E-state index contributed by atoms with van der Waals surface area (Å²) in [6.07, 6.45) is 8.32.